The van der Waals surface area contributed by atoms with E-state index < -0.39 is 0 Å². The van der Waals surface area contributed by atoms with Gasteiger partial charge in [0.25, 0.3) is 5.56 Å². The molecule has 1 aromatic heterocycles. The highest BCUT2D eigenvalue weighted by atomic mass is 35.5. The third kappa shape index (κ3) is 4.37. The first-order valence-electron chi connectivity index (χ1n) is 9.15. The van der Waals surface area contributed by atoms with E-state index in [-0.39, 0.29) is 11.6 Å². The van der Waals surface area contributed by atoms with Gasteiger partial charge in [-0.2, -0.15) is 0 Å². The van der Waals surface area contributed by atoms with E-state index in [1.165, 1.54) is 25.7 Å². The van der Waals surface area contributed by atoms with Crippen molar-refractivity contribution in [2.24, 2.45) is 0 Å². The van der Waals surface area contributed by atoms with E-state index in [2.05, 4.69) is 19.2 Å². The van der Waals surface area contributed by atoms with E-state index in [9.17, 15) is 4.79 Å². The van der Waals surface area contributed by atoms with Gasteiger partial charge in [0.2, 0.25) is 0 Å². The van der Waals surface area contributed by atoms with Gasteiger partial charge in [-0.25, -0.2) is 4.98 Å². The average molecular weight is 351 g/mol. The molecule has 0 bridgehead atoms. The number of aromatic nitrogens is 2. The van der Waals surface area contributed by atoms with Gasteiger partial charge >= 0.3 is 0 Å². The molecule has 0 saturated carbocycles. The van der Waals surface area contributed by atoms with Crippen molar-refractivity contribution in [2.45, 2.75) is 65.5 Å². The van der Waals surface area contributed by atoms with E-state index in [1.807, 2.05) is 11.5 Å². The molecule has 0 fully saturated rings. The van der Waals surface area contributed by atoms with Crippen molar-refractivity contribution in [3.8, 4) is 0 Å². The van der Waals surface area contributed by atoms with Crippen molar-refractivity contribution in [3.63, 3.8) is 0 Å². The number of unbranched alkanes of at least 4 members (excludes halogenated alkanes) is 3. The van der Waals surface area contributed by atoms with E-state index in [0.29, 0.717) is 22.5 Å². The highest BCUT2D eigenvalue weighted by Crippen LogP contribution is 2.18. The minimum atomic E-state index is 0.0343. The molecule has 0 radical (unpaired) electrons. The zero-order valence-electron chi connectivity index (χ0n) is 15.0. The first-order chi connectivity index (χ1) is 11.6. The second-order valence-electron chi connectivity index (χ2n) is 6.28. The maximum absolute atomic E-state index is 12.8. The minimum Gasteiger partial charge on any atom is -0.338 e. The van der Waals surface area contributed by atoms with Gasteiger partial charge in [0.1, 0.15) is 6.04 Å². The van der Waals surface area contributed by atoms with Crippen molar-refractivity contribution in [3.05, 3.63) is 39.4 Å². The molecule has 1 heterocycles. The lowest BCUT2D eigenvalue weighted by Crippen LogP contribution is -2.85. The fourth-order valence-electron chi connectivity index (χ4n) is 3.14. The molecule has 0 aliphatic carbocycles. The van der Waals surface area contributed by atoms with Crippen LogP contribution in [0.5, 0.6) is 0 Å². The van der Waals surface area contributed by atoms with Crippen molar-refractivity contribution in [1.82, 2.24) is 9.55 Å². The molecule has 5 heteroatoms. The Morgan fingerprint density at radius 3 is 2.67 bits per heavy atom. The molecule has 132 valence electrons. The maximum Gasteiger partial charge on any atom is 0.261 e. The van der Waals surface area contributed by atoms with E-state index >= 15 is 0 Å². The van der Waals surface area contributed by atoms with Gasteiger partial charge in [-0.05, 0) is 38.0 Å². The summed E-state index contributed by atoms with van der Waals surface area (Å²) >= 11 is 6.09. The van der Waals surface area contributed by atoms with Gasteiger partial charge in [0.15, 0.2) is 5.82 Å². The Balaban J connectivity index is 2.32. The largest absolute Gasteiger partial charge is 0.338 e. The molecule has 24 heavy (non-hydrogen) atoms. The summed E-state index contributed by atoms with van der Waals surface area (Å²) in [6.45, 7) is 8.10. The molecule has 1 aromatic carbocycles. The Kier molecular flexibility index (Phi) is 7.25. The number of quaternary nitrogens is 1. The SMILES string of the molecule is CCCCCC[NH2+][C@H](CC)c1nc2cc(Cl)ccc2c(=O)n1CC. The highest BCUT2D eigenvalue weighted by Gasteiger charge is 2.20. The van der Waals surface area contributed by atoms with E-state index in [4.69, 9.17) is 16.6 Å². The summed E-state index contributed by atoms with van der Waals surface area (Å²) in [6, 6.07) is 5.53. The number of benzene rings is 1. The fourth-order valence-corrected chi connectivity index (χ4v) is 3.31. The lowest BCUT2D eigenvalue weighted by atomic mass is 10.1. The normalized spacial score (nSPS) is 12.7. The zero-order chi connectivity index (χ0) is 17.5. The third-order valence-corrected chi connectivity index (χ3v) is 4.78. The number of fused-ring (bicyclic) bond motifs is 1. The number of rotatable bonds is 9. The molecule has 2 rings (SSSR count). The molecule has 1 atom stereocenters. The Hall–Kier alpha value is -1.39. The summed E-state index contributed by atoms with van der Waals surface area (Å²) in [4.78, 5) is 17.6. The molecule has 2 N–H and O–H groups in total. The van der Waals surface area contributed by atoms with Crippen LogP contribution < -0.4 is 10.9 Å². The number of nitrogens with zero attached hydrogens (tertiary/aromatic N) is 2. The number of hydrogen-bond acceptors (Lipinski definition) is 2. The summed E-state index contributed by atoms with van der Waals surface area (Å²) in [5, 5.41) is 3.59. The molecule has 0 aliphatic rings. The van der Waals surface area contributed by atoms with Crippen LogP contribution in [0, 0.1) is 0 Å². The number of hydrogen-bond donors (Lipinski definition) is 1. The molecule has 0 amide bonds. The zero-order valence-corrected chi connectivity index (χ0v) is 15.8. The van der Waals surface area contributed by atoms with Crippen LogP contribution in [0.15, 0.2) is 23.0 Å². The smallest absolute Gasteiger partial charge is 0.261 e. The predicted molar refractivity (Wildman–Crippen MR) is 101 cm³/mol. The topological polar surface area (TPSA) is 51.5 Å². The molecular formula is C19H29ClN3O+. The first-order valence-corrected chi connectivity index (χ1v) is 9.53. The number of halogens is 1. The summed E-state index contributed by atoms with van der Waals surface area (Å²) in [7, 11) is 0. The first kappa shape index (κ1) is 18.9. The standard InChI is InChI=1S/C19H28ClN3O/c1-4-7-8-9-12-21-16(5-2)18-22-17-13-14(20)10-11-15(17)19(24)23(18)6-3/h10-11,13,16,21H,4-9,12H2,1-3H3/p+1/t16-/m1/s1. The monoisotopic (exact) mass is 350 g/mol. The second kappa shape index (κ2) is 9.19. The third-order valence-electron chi connectivity index (χ3n) is 4.54. The highest BCUT2D eigenvalue weighted by molar-refractivity contribution is 6.31. The van der Waals surface area contributed by atoms with Crippen molar-refractivity contribution >= 4 is 22.5 Å². The van der Waals surface area contributed by atoms with E-state index in [1.54, 1.807) is 18.2 Å². The van der Waals surface area contributed by atoms with Crippen LogP contribution in [0.2, 0.25) is 5.02 Å². The van der Waals surface area contributed by atoms with Gasteiger partial charge in [-0.3, -0.25) is 9.36 Å². The summed E-state index contributed by atoms with van der Waals surface area (Å²) in [6.07, 6.45) is 5.97. The molecule has 0 unspecified atom stereocenters. The second-order valence-corrected chi connectivity index (χ2v) is 6.72. The lowest BCUT2D eigenvalue weighted by molar-refractivity contribution is -0.698. The Labute approximate surface area is 149 Å². The van der Waals surface area contributed by atoms with E-state index in [0.717, 1.165) is 18.8 Å². The minimum absolute atomic E-state index is 0.0343. The van der Waals surface area contributed by atoms with Crippen LogP contribution in [0.3, 0.4) is 0 Å². The van der Waals surface area contributed by atoms with Crippen LogP contribution in [-0.4, -0.2) is 16.1 Å². The van der Waals surface area contributed by atoms with Gasteiger partial charge in [0.05, 0.1) is 17.4 Å². The van der Waals surface area contributed by atoms with Crippen LogP contribution in [0.1, 0.15) is 64.7 Å². The van der Waals surface area contributed by atoms with Gasteiger partial charge in [-0.15, -0.1) is 0 Å². The molecule has 0 spiro atoms. The molecular weight excluding hydrogens is 322 g/mol. The van der Waals surface area contributed by atoms with Crippen molar-refractivity contribution in [1.29, 1.82) is 0 Å². The molecule has 0 aliphatic heterocycles. The van der Waals surface area contributed by atoms with Crippen LogP contribution >= 0.6 is 11.6 Å². The van der Waals surface area contributed by atoms with Crippen LogP contribution in [-0.2, 0) is 6.54 Å². The number of nitrogens with two attached hydrogens (primary N) is 1. The van der Waals surface area contributed by atoms with Gasteiger partial charge in [0, 0.05) is 18.0 Å². The quantitative estimate of drug-likeness (QED) is 0.701. The molecule has 0 saturated heterocycles. The average Bonchev–Trinajstić information content (AvgIpc) is 2.58. The molecule has 4 nitrogen and oxygen atoms in total. The van der Waals surface area contributed by atoms with Crippen LogP contribution in [0.4, 0.5) is 0 Å². The van der Waals surface area contributed by atoms with Crippen molar-refractivity contribution in [2.75, 3.05) is 6.54 Å². The summed E-state index contributed by atoms with van der Waals surface area (Å²) in [5.74, 6) is 0.871. The Morgan fingerprint density at radius 2 is 2.00 bits per heavy atom. The van der Waals surface area contributed by atoms with Gasteiger partial charge in [-0.1, -0.05) is 38.3 Å². The maximum atomic E-state index is 12.8. The Bertz CT molecular complexity index is 726. The Morgan fingerprint density at radius 1 is 1.21 bits per heavy atom. The predicted octanol–water partition coefficient (Wildman–Crippen LogP) is 3.66. The molecule has 2 aromatic rings. The van der Waals surface area contributed by atoms with Crippen molar-refractivity contribution < 1.29 is 5.32 Å². The fraction of sp³-hybridized carbons (Fsp3) is 0.579. The summed E-state index contributed by atoms with van der Waals surface area (Å²) in [5.41, 5.74) is 0.733. The lowest BCUT2D eigenvalue weighted by Gasteiger charge is -2.18. The van der Waals surface area contributed by atoms with Crippen LogP contribution in [0.25, 0.3) is 10.9 Å². The summed E-state index contributed by atoms with van der Waals surface area (Å²) < 4.78 is 1.81. The van der Waals surface area contributed by atoms with Gasteiger partial charge < -0.3 is 5.32 Å².